The van der Waals surface area contributed by atoms with Gasteiger partial charge < -0.3 is 9.84 Å². The Kier molecular flexibility index (Phi) is 3.76. The molecule has 2 rings (SSSR count). The molecule has 0 radical (unpaired) electrons. The van der Waals surface area contributed by atoms with Crippen LogP contribution in [0.2, 0.25) is 0 Å². The first-order valence-corrected chi connectivity index (χ1v) is 5.79. The third-order valence-corrected chi connectivity index (χ3v) is 3.07. The summed E-state index contributed by atoms with van der Waals surface area (Å²) in [5.41, 5.74) is 1.20. The van der Waals surface area contributed by atoms with E-state index < -0.39 is 12.1 Å². The number of carbonyl (C=O) groups is 1. The normalized spacial score (nSPS) is 25.7. The molecule has 1 saturated heterocycles. The van der Waals surface area contributed by atoms with Gasteiger partial charge in [0.1, 0.15) is 0 Å². The molecule has 0 spiro atoms. The lowest BCUT2D eigenvalue weighted by molar-refractivity contribution is -0.159. The third kappa shape index (κ3) is 3.05. The van der Waals surface area contributed by atoms with Crippen LogP contribution in [-0.4, -0.2) is 41.3 Å². The number of aliphatic carboxylic acids is 1. The van der Waals surface area contributed by atoms with Gasteiger partial charge in [0, 0.05) is 19.1 Å². The molecule has 4 nitrogen and oxygen atoms in total. The minimum atomic E-state index is -0.880. The first-order chi connectivity index (χ1) is 8.16. The van der Waals surface area contributed by atoms with Crippen molar-refractivity contribution in [3.05, 3.63) is 35.9 Å². The van der Waals surface area contributed by atoms with Crippen LogP contribution >= 0.6 is 0 Å². The molecule has 17 heavy (non-hydrogen) atoms. The van der Waals surface area contributed by atoms with Crippen molar-refractivity contribution in [2.45, 2.75) is 25.6 Å². The van der Waals surface area contributed by atoms with Crippen molar-refractivity contribution in [2.75, 3.05) is 13.2 Å². The van der Waals surface area contributed by atoms with Gasteiger partial charge in [-0.2, -0.15) is 0 Å². The summed E-state index contributed by atoms with van der Waals surface area (Å²) in [6, 6.07) is 10.3. The third-order valence-electron chi connectivity index (χ3n) is 3.07. The summed E-state index contributed by atoms with van der Waals surface area (Å²) in [5.74, 6) is -0.880. The minimum absolute atomic E-state index is 0.255. The Bertz CT molecular complexity index is 380. The number of nitrogens with zero attached hydrogens (tertiary/aromatic N) is 1. The highest BCUT2D eigenvalue weighted by molar-refractivity contribution is 5.72. The molecule has 4 heteroatoms. The molecule has 0 bridgehead atoms. The van der Waals surface area contributed by atoms with Gasteiger partial charge in [0.25, 0.3) is 0 Å². The zero-order valence-electron chi connectivity index (χ0n) is 9.87. The molecule has 1 heterocycles. The molecule has 2 unspecified atom stereocenters. The maximum absolute atomic E-state index is 10.9. The smallest absolute Gasteiger partial charge is 0.334 e. The quantitative estimate of drug-likeness (QED) is 0.859. The number of rotatable bonds is 3. The van der Waals surface area contributed by atoms with Crippen molar-refractivity contribution < 1.29 is 14.6 Å². The lowest BCUT2D eigenvalue weighted by Gasteiger charge is -2.36. The van der Waals surface area contributed by atoms with Crippen molar-refractivity contribution in [3.63, 3.8) is 0 Å². The molecule has 0 aliphatic carbocycles. The molecule has 1 aromatic rings. The van der Waals surface area contributed by atoms with Crippen molar-refractivity contribution in [1.29, 1.82) is 0 Å². The molecule has 2 atom stereocenters. The molecule has 1 N–H and O–H groups in total. The number of carboxylic acid groups (broad SMARTS) is 1. The van der Waals surface area contributed by atoms with Crippen molar-refractivity contribution in [2.24, 2.45) is 0 Å². The molecule has 0 amide bonds. The molecular weight excluding hydrogens is 218 g/mol. The van der Waals surface area contributed by atoms with E-state index in [1.807, 2.05) is 18.2 Å². The number of morpholine rings is 1. The highest BCUT2D eigenvalue weighted by atomic mass is 16.5. The van der Waals surface area contributed by atoms with E-state index in [0.29, 0.717) is 13.2 Å². The number of hydrogen-bond donors (Lipinski definition) is 1. The van der Waals surface area contributed by atoms with Gasteiger partial charge in [0.05, 0.1) is 6.61 Å². The Morgan fingerprint density at radius 1 is 1.47 bits per heavy atom. The first-order valence-electron chi connectivity index (χ1n) is 5.79. The van der Waals surface area contributed by atoms with Crippen LogP contribution in [0, 0.1) is 0 Å². The summed E-state index contributed by atoms with van der Waals surface area (Å²) in [6.07, 6.45) is -0.699. The van der Waals surface area contributed by atoms with E-state index in [9.17, 15) is 4.79 Å². The Morgan fingerprint density at radius 2 is 2.18 bits per heavy atom. The van der Waals surface area contributed by atoms with E-state index in [4.69, 9.17) is 9.84 Å². The number of benzene rings is 1. The van der Waals surface area contributed by atoms with Gasteiger partial charge in [-0.1, -0.05) is 30.3 Å². The lowest BCUT2D eigenvalue weighted by Crippen LogP contribution is -2.50. The Hall–Kier alpha value is -1.39. The molecule has 1 fully saturated rings. The van der Waals surface area contributed by atoms with E-state index in [0.717, 1.165) is 6.54 Å². The predicted octanol–water partition coefficient (Wildman–Crippen LogP) is 1.36. The maximum Gasteiger partial charge on any atom is 0.334 e. The van der Waals surface area contributed by atoms with Gasteiger partial charge in [-0.25, -0.2) is 4.79 Å². The molecule has 0 saturated carbocycles. The van der Waals surface area contributed by atoms with Crippen LogP contribution in [-0.2, 0) is 16.1 Å². The highest BCUT2D eigenvalue weighted by Crippen LogP contribution is 2.15. The maximum atomic E-state index is 10.9. The average molecular weight is 235 g/mol. The second-order valence-corrected chi connectivity index (χ2v) is 4.42. The van der Waals surface area contributed by atoms with Gasteiger partial charge >= 0.3 is 5.97 Å². The summed E-state index contributed by atoms with van der Waals surface area (Å²) < 4.78 is 5.28. The summed E-state index contributed by atoms with van der Waals surface area (Å²) in [6.45, 7) is 3.76. The van der Waals surface area contributed by atoms with Crippen LogP contribution in [0.4, 0.5) is 0 Å². The molecular formula is C13H17NO3. The number of carboxylic acids is 1. The molecule has 92 valence electrons. The van der Waals surface area contributed by atoms with Crippen LogP contribution in [0.1, 0.15) is 12.5 Å². The van der Waals surface area contributed by atoms with Gasteiger partial charge in [-0.15, -0.1) is 0 Å². The second-order valence-electron chi connectivity index (χ2n) is 4.42. The fourth-order valence-electron chi connectivity index (χ4n) is 1.99. The van der Waals surface area contributed by atoms with Gasteiger partial charge in [0.2, 0.25) is 0 Å². The van der Waals surface area contributed by atoms with Crippen molar-refractivity contribution in [3.8, 4) is 0 Å². The predicted molar refractivity (Wildman–Crippen MR) is 63.7 cm³/mol. The SMILES string of the molecule is CC1COC(C(=O)O)CN1Cc1ccccc1. The molecule has 1 aliphatic heterocycles. The van der Waals surface area contributed by atoms with Crippen molar-refractivity contribution >= 4 is 5.97 Å². The zero-order valence-corrected chi connectivity index (χ0v) is 9.87. The minimum Gasteiger partial charge on any atom is -0.479 e. The van der Waals surface area contributed by atoms with E-state index in [-0.39, 0.29) is 6.04 Å². The Balaban J connectivity index is 2.01. The van der Waals surface area contributed by atoms with Gasteiger partial charge in [-0.3, -0.25) is 4.90 Å². The zero-order chi connectivity index (χ0) is 12.3. The highest BCUT2D eigenvalue weighted by Gasteiger charge is 2.30. The number of ether oxygens (including phenoxy) is 1. The Labute approximate surface area is 101 Å². The molecule has 1 aromatic carbocycles. The van der Waals surface area contributed by atoms with Crippen LogP contribution < -0.4 is 0 Å². The number of hydrogen-bond acceptors (Lipinski definition) is 3. The van der Waals surface area contributed by atoms with Crippen LogP contribution in [0.5, 0.6) is 0 Å². The summed E-state index contributed by atoms with van der Waals surface area (Å²) in [5, 5.41) is 8.96. The lowest BCUT2D eigenvalue weighted by atomic mass is 10.1. The van der Waals surface area contributed by atoms with Gasteiger partial charge in [0.15, 0.2) is 6.10 Å². The van der Waals surface area contributed by atoms with Gasteiger partial charge in [-0.05, 0) is 12.5 Å². The molecule has 1 aliphatic rings. The van der Waals surface area contributed by atoms with E-state index in [1.54, 1.807) is 0 Å². The average Bonchev–Trinajstić information content (AvgIpc) is 2.33. The fourth-order valence-corrected chi connectivity index (χ4v) is 1.99. The van der Waals surface area contributed by atoms with E-state index >= 15 is 0 Å². The van der Waals surface area contributed by atoms with Crippen molar-refractivity contribution in [1.82, 2.24) is 4.90 Å². The molecule has 0 aromatic heterocycles. The summed E-state index contributed by atoms with van der Waals surface area (Å²) in [4.78, 5) is 13.1. The second kappa shape index (κ2) is 5.29. The fraction of sp³-hybridized carbons (Fsp3) is 0.462. The monoisotopic (exact) mass is 235 g/mol. The van der Waals surface area contributed by atoms with Crippen LogP contribution in [0.15, 0.2) is 30.3 Å². The topological polar surface area (TPSA) is 49.8 Å². The first kappa shape index (κ1) is 12.1. The van der Waals surface area contributed by atoms with E-state index in [2.05, 4.69) is 24.0 Å². The van der Waals surface area contributed by atoms with Crippen LogP contribution in [0.25, 0.3) is 0 Å². The standard InChI is InChI=1S/C13H17NO3/c1-10-9-17-12(13(15)16)8-14(10)7-11-5-3-2-4-6-11/h2-6,10,12H,7-9H2,1H3,(H,15,16). The largest absolute Gasteiger partial charge is 0.479 e. The Morgan fingerprint density at radius 3 is 2.82 bits per heavy atom. The summed E-state index contributed by atoms with van der Waals surface area (Å²) in [7, 11) is 0. The summed E-state index contributed by atoms with van der Waals surface area (Å²) >= 11 is 0. The van der Waals surface area contributed by atoms with E-state index in [1.165, 1.54) is 5.56 Å². The van der Waals surface area contributed by atoms with Crippen LogP contribution in [0.3, 0.4) is 0 Å².